The number of hydrogen-bond donors (Lipinski definition) is 0. The van der Waals surface area contributed by atoms with E-state index in [0.29, 0.717) is 30.2 Å². The summed E-state index contributed by atoms with van der Waals surface area (Å²) in [5.74, 6) is 0.0549. The van der Waals surface area contributed by atoms with Gasteiger partial charge in [0, 0.05) is 61.0 Å². The van der Waals surface area contributed by atoms with E-state index in [0.717, 1.165) is 45.2 Å². The Balaban J connectivity index is 1.33. The van der Waals surface area contributed by atoms with Crippen LogP contribution in [0.5, 0.6) is 0 Å². The molecule has 5 aromatic rings. The van der Waals surface area contributed by atoms with Crippen molar-refractivity contribution in [3.8, 4) is 11.3 Å². The average Bonchev–Trinajstić information content (AvgIpc) is 3.45. The van der Waals surface area contributed by atoms with Crippen molar-refractivity contribution in [2.24, 2.45) is 0 Å². The number of nitrogens with zero attached hydrogens (tertiary/aromatic N) is 5. The van der Waals surface area contributed by atoms with Crippen LogP contribution < -0.4 is 0 Å². The molecule has 0 saturated carbocycles. The van der Waals surface area contributed by atoms with Crippen LogP contribution in [0.2, 0.25) is 5.02 Å². The Hall–Kier alpha value is -3.79. The number of rotatable bonds is 5. The Morgan fingerprint density at radius 1 is 1.00 bits per heavy atom. The van der Waals surface area contributed by atoms with Gasteiger partial charge in [-0.05, 0) is 30.3 Å². The van der Waals surface area contributed by atoms with Crippen LogP contribution in [0.3, 0.4) is 0 Å². The van der Waals surface area contributed by atoms with E-state index in [9.17, 15) is 14.9 Å². The number of imidazole rings is 1. The number of halogens is 1. The van der Waals surface area contributed by atoms with Crippen molar-refractivity contribution >= 4 is 49.7 Å². The predicted molar refractivity (Wildman–Crippen MR) is 145 cm³/mol. The number of amides is 1. The lowest BCUT2D eigenvalue weighted by molar-refractivity contribution is -0.384. The molecule has 6 rings (SSSR count). The Labute approximate surface area is 221 Å². The van der Waals surface area contributed by atoms with Crippen LogP contribution in [0, 0.1) is 10.1 Å². The summed E-state index contributed by atoms with van der Waals surface area (Å²) < 4.78 is 2.92. The van der Waals surface area contributed by atoms with E-state index >= 15 is 0 Å². The monoisotopic (exact) mass is 531 g/mol. The summed E-state index contributed by atoms with van der Waals surface area (Å²) in [5.41, 5.74) is 4.51. The normalized spacial score (nSPS) is 14.5. The molecular weight excluding hydrogens is 510 g/mol. The van der Waals surface area contributed by atoms with Gasteiger partial charge in [-0.15, -0.1) is 0 Å². The van der Waals surface area contributed by atoms with Gasteiger partial charge in [-0.3, -0.25) is 24.2 Å². The molecule has 0 N–H and O–H groups in total. The molecule has 0 atom stereocenters. The lowest BCUT2D eigenvalue weighted by atomic mass is 10.1. The third kappa shape index (κ3) is 4.46. The molecule has 0 aliphatic carbocycles. The lowest BCUT2D eigenvalue weighted by Gasteiger charge is -2.34. The van der Waals surface area contributed by atoms with Crippen molar-refractivity contribution in [1.29, 1.82) is 0 Å². The molecule has 3 heterocycles. The van der Waals surface area contributed by atoms with E-state index in [4.69, 9.17) is 16.6 Å². The summed E-state index contributed by atoms with van der Waals surface area (Å²) in [7, 11) is 0. The second kappa shape index (κ2) is 9.59. The van der Waals surface area contributed by atoms with Crippen molar-refractivity contribution in [2.45, 2.75) is 6.54 Å². The van der Waals surface area contributed by atoms with Crippen LogP contribution in [0.15, 0.2) is 72.8 Å². The molecule has 1 saturated heterocycles. The molecule has 186 valence electrons. The number of piperazine rings is 1. The van der Waals surface area contributed by atoms with Gasteiger partial charge in [-0.1, -0.05) is 53.3 Å². The third-order valence-electron chi connectivity index (χ3n) is 6.71. The van der Waals surface area contributed by atoms with Gasteiger partial charge in [0.15, 0.2) is 4.96 Å². The van der Waals surface area contributed by atoms with Crippen LogP contribution in [0.4, 0.5) is 5.69 Å². The zero-order valence-corrected chi connectivity index (χ0v) is 21.3. The van der Waals surface area contributed by atoms with E-state index in [2.05, 4.69) is 9.30 Å². The van der Waals surface area contributed by atoms with Gasteiger partial charge in [-0.2, -0.15) is 0 Å². The molecule has 37 heavy (non-hydrogen) atoms. The highest BCUT2D eigenvalue weighted by Crippen LogP contribution is 2.35. The Morgan fingerprint density at radius 2 is 1.73 bits per heavy atom. The fourth-order valence-corrected chi connectivity index (χ4v) is 6.00. The fourth-order valence-electron chi connectivity index (χ4n) is 4.80. The molecule has 8 nitrogen and oxygen atoms in total. The van der Waals surface area contributed by atoms with Crippen molar-refractivity contribution in [3.05, 3.63) is 99.2 Å². The predicted octanol–water partition coefficient (Wildman–Crippen LogP) is 5.74. The number of nitro benzene ring substituents is 1. The standard InChI is InChI=1S/C27H22ClN5O3S/c28-20-8-6-18(7-9-20)25-23(32-22-11-10-21(33(35)36)16-24(22)37-27(32)29-25)17-30-12-14-31(15-13-30)26(34)19-4-2-1-3-5-19/h1-11,16H,12-15,17H2. The van der Waals surface area contributed by atoms with E-state index in [1.54, 1.807) is 12.1 Å². The fraction of sp³-hybridized carbons (Fsp3) is 0.185. The average molecular weight is 532 g/mol. The molecule has 1 fully saturated rings. The maximum atomic E-state index is 12.9. The van der Waals surface area contributed by atoms with Gasteiger partial charge >= 0.3 is 0 Å². The molecule has 0 spiro atoms. The van der Waals surface area contributed by atoms with Crippen molar-refractivity contribution in [1.82, 2.24) is 19.2 Å². The van der Waals surface area contributed by atoms with E-state index < -0.39 is 0 Å². The van der Waals surface area contributed by atoms with Crippen LogP contribution in [0.1, 0.15) is 16.1 Å². The van der Waals surface area contributed by atoms with Gasteiger partial charge in [0.1, 0.15) is 0 Å². The number of aromatic nitrogens is 2. The minimum atomic E-state index is -0.377. The van der Waals surface area contributed by atoms with Gasteiger partial charge in [0.05, 0.1) is 26.5 Å². The van der Waals surface area contributed by atoms with Gasteiger partial charge in [0.25, 0.3) is 11.6 Å². The number of non-ortho nitro benzene ring substituents is 1. The first kappa shape index (κ1) is 23.6. The summed E-state index contributed by atoms with van der Waals surface area (Å²) in [6, 6.07) is 21.9. The molecule has 1 amide bonds. The van der Waals surface area contributed by atoms with Gasteiger partial charge < -0.3 is 4.90 Å². The zero-order chi connectivity index (χ0) is 25.5. The maximum absolute atomic E-state index is 12.9. The van der Waals surface area contributed by atoms with Gasteiger partial charge in [-0.25, -0.2) is 4.98 Å². The maximum Gasteiger partial charge on any atom is 0.270 e. The van der Waals surface area contributed by atoms with E-state index in [-0.39, 0.29) is 16.5 Å². The van der Waals surface area contributed by atoms with Crippen LogP contribution >= 0.6 is 22.9 Å². The highest BCUT2D eigenvalue weighted by molar-refractivity contribution is 7.23. The number of hydrogen-bond acceptors (Lipinski definition) is 6. The second-order valence-corrected chi connectivity index (χ2v) is 10.4. The Bertz CT molecular complexity index is 1620. The minimum Gasteiger partial charge on any atom is -0.336 e. The first-order chi connectivity index (χ1) is 18.0. The minimum absolute atomic E-state index is 0.0549. The highest BCUT2D eigenvalue weighted by atomic mass is 35.5. The van der Waals surface area contributed by atoms with Crippen molar-refractivity contribution in [2.75, 3.05) is 26.2 Å². The van der Waals surface area contributed by atoms with Crippen LogP contribution in [0.25, 0.3) is 26.4 Å². The largest absolute Gasteiger partial charge is 0.336 e. The first-order valence-electron chi connectivity index (χ1n) is 11.9. The first-order valence-corrected chi connectivity index (χ1v) is 13.1. The number of fused-ring (bicyclic) bond motifs is 3. The molecule has 0 bridgehead atoms. The summed E-state index contributed by atoms with van der Waals surface area (Å²) in [6.45, 7) is 3.39. The van der Waals surface area contributed by atoms with E-state index in [1.807, 2.05) is 59.5 Å². The lowest BCUT2D eigenvalue weighted by Crippen LogP contribution is -2.48. The summed E-state index contributed by atoms with van der Waals surface area (Å²) in [6.07, 6.45) is 0. The topological polar surface area (TPSA) is 84.0 Å². The van der Waals surface area contributed by atoms with Gasteiger partial charge in [0.2, 0.25) is 0 Å². The molecular formula is C27H22ClN5O3S. The SMILES string of the molecule is O=C(c1ccccc1)N1CCN(Cc2c(-c3ccc(Cl)cc3)nc3sc4cc([N+](=O)[O-])ccc4n23)CC1. The van der Waals surface area contributed by atoms with Crippen LogP contribution in [-0.4, -0.2) is 56.2 Å². The Kier molecular flexibility index (Phi) is 6.11. The molecule has 1 aliphatic rings. The molecule has 2 aromatic heterocycles. The van der Waals surface area contributed by atoms with Crippen molar-refractivity contribution < 1.29 is 9.72 Å². The molecule has 1 aliphatic heterocycles. The smallest absolute Gasteiger partial charge is 0.270 e. The molecule has 0 radical (unpaired) electrons. The number of thiazole rings is 1. The number of benzene rings is 3. The van der Waals surface area contributed by atoms with E-state index in [1.165, 1.54) is 17.4 Å². The summed E-state index contributed by atoms with van der Waals surface area (Å²) >= 11 is 7.58. The number of carbonyl (C=O) groups is 1. The highest BCUT2D eigenvalue weighted by Gasteiger charge is 2.26. The molecule has 10 heteroatoms. The molecule has 3 aromatic carbocycles. The zero-order valence-electron chi connectivity index (χ0n) is 19.7. The van der Waals surface area contributed by atoms with Crippen molar-refractivity contribution in [3.63, 3.8) is 0 Å². The summed E-state index contributed by atoms with van der Waals surface area (Å²) in [5, 5.41) is 12.0. The quantitative estimate of drug-likeness (QED) is 0.213. The number of nitro groups is 1. The number of carbonyl (C=O) groups excluding carboxylic acids is 1. The second-order valence-electron chi connectivity index (χ2n) is 8.98. The Morgan fingerprint density at radius 3 is 2.43 bits per heavy atom. The third-order valence-corrected chi connectivity index (χ3v) is 7.96. The summed E-state index contributed by atoms with van der Waals surface area (Å²) in [4.78, 5) is 33.8. The van der Waals surface area contributed by atoms with Crippen LogP contribution in [-0.2, 0) is 6.54 Å². The molecule has 0 unspecified atom stereocenters.